The topological polar surface area (TPSA) is 62.9 Å². The van der Waals surface area contributed by atoms with Crippen molar-refractivity contribution < 1.29 is 4.74 Å². The zero-order valence-corrected chi connectivity index (χ0v) is 12.0. The average molecular weight is 256 g/mol. The molecular formula is C13H28N4O. The van der Waals surface area contributed by atoms with Crippen LogP contribution in [0.1, 0.15) is 46.0 Å². The number of nitrogens with one attached hydrogen (secondary N) is 1. The molecule has 1 saturated carbocycles. The van der Waals surface area contributed by atoms with Gasteiger partial charge in [0.1, 0.15) is 0 Å². The lowest BCUT2D eigenvalue weighted by molar-refractivity contribution is 0.164. The summed E-state index contributed by atoms with van der Waals surface area (Å²) in [7, 11) is 1.71. The molecule has 1 fully saturated rings. The van der Waals surface area contributed by atoms with Crippen molar-refractivity contribution >= 4 is 5.96 Å². The molecule has 0 atom stereocenters. The SMILES string of the molecule is COCCN(C(=NC1CCCCC1)NN)C(C)C. The number of aliphatic imine (C=N–C) groups is 1. The van der Waals surface area contributed by atoms with E-state index in [1.54, 1.807) is 7.11 Å². The van der Waals surface area contributed by atoms with Gasteiger partial charge in [0.2, 0.25) is 5.96 Å². The Morgan fingerprint density at radius 3 is 2.56 bits per heavy atom. The van der Waals surface area contributed by atoms with E-state index in [9.17, 15) is 0 Å². The summed E-state index contributed by atoms with van der Waals surface area (Å²) in [5, 5.41) is 0. The first-order chi connectivity index (χ1) is 8.69. The van der Waals surface area contributed by atoms with Gasteiger partial charge >= 0.3 is 0 Å². The summed E-state index contributed by atoms with van der Waals surface area (Å²) in [4.78, 5) is 6.94. The van der Waals surface area contributed by atoms with Crippen molar-refractivity contribution in [3.63, 3.8) is 0 Å². The van der Waals surface area contributed by atoms with Crippen LogP contribution in [0.3, 0.4) is 0 Å². The quantitative estimate of drug-likeness (QED) is 0.339. The Balaban J connectivity index is 2.66. The van der Waals surface area contributed by atoms with E-state index in [4.69, 9.17) is 15.6 Å². The third-order valence-corrected chi connectivity index (χ3v) is 3.44. The van der Waals surface area contributed by atoms with Crippen LogP contribution in [0, 0.1) is 0 Å². The second kappa shape index (κ2) is 8.32. The van der Waals surface area contributed by atoms with Gasteiger partial charge in [0.05, 0.1) is 12.6 Å². The Labute approximate surface area is 111 Å². The lowest BCUT2D eigenvalue weighted by atomic mass is 9.96. The van der Waals surface area contributed by atoms with E-state index in [1.807, 2.05) is 0 Å². The fraction of sp³-hybridized carbons (Fsp3) is 0.923. The number of rotatable bonds is 5. The van der Waals surface area contributed by atoms with E-state index in [2.05, 4.69) is 24.2 Å². The maximum absolute atomic E-state index is 5.64. The normalized spacial score (nSPS) is 18.2. The van der Waals surface area contributed by atoms with Gasteiger partial charge in [-0.2, -0.15) is 0 Å². The van der Waals surface area contributed by atoms with Crippen molar-refractivity contribution in [2.75, 3.05) is 20.3 Å². The Morgan fingerprint density at radius 1 is 1.39 bits per heavy atom. The molecule has 1 aliphatic carbocycles. The van der Waals surface area contributed by atoms with Gasteiger partial charge in [0.15, 0.2) is 0 Å². The largest absolute Gasteiger partial charge is 0.383 e. The molecule has 0 aromatic rings. The molecule has 0 aliphatic heterocycles. The predicted molar refractivity (Wildman–Crippen MR) is 75.3 cm³/mol. The number of hydrogen-bond donors (Lipinski definition) is 2. The Morgan fingerprint density at radius 2 is 2.06 bits per heavy atom. The van der Waals surface area contributed by atoms with Crippen molar-refractivity contribution in [3.05, 3.63) is 0 Å². The standard InChI is InChI=1S/C13H28N4O/c1-11(2)17(9-10-18-3)13(16-14)15-12-7-5-4-6-8-12/h11-12H,4-10,14H2,1-3H3,(H,15,16). The highest BCUT2D eigenvalue weighted by Crippen LogP contribution is 2.20. The second-order valence-electron chi connectivity index (χ2n) is 5.17. The molecular weight excluding hydrogens is 228 g/mol. The van der Waals surface area contributed by atoms with Crippen LogP contribution in [0.15, 0.2) is 4.99 Å². The number of hydrogen-bond acceptors (Lipinski definition) is 3. The molecule has 18 heavy (non-hydrogen) atoms. The maximum atomic E-state index is 5.64. The molecule has 106 valence electrons. The Kier molecular flexibility index (Phi) is 7.05. The molecule has 0 amide bonds. The highest BCUT2D eigenvalue weighted by molar-refractivity contribution is 5.79. The van der Waals surface area contributed by atoms with Gasteiger partial charge < -0.3 is 9.64 Å². The van der Waals surface area contributed by atoms with Crippen LogP contribution in [-0.2, 0) is 4.74 Å². The van der Waals surface area contributed by atoms with Crippen LogP contribution >= 0.6 is 0 Å². The van der Waals surface area contributed by atoms with Gasteiger partial charge in [-0.1, -0.05) is 19.3 Å². The molecule has 1 aliphatic rings. The summed E-state index contributed by atoms with van der Waals surface area (Å²) >= 11 is 0. The van der Waals surface area contributed by atoms with Gasteiger partial charge in [-0.3, -0.25) is 5.43 Å². The van der Waals surface area contributed by atoms with Crippen LogP contribution in [0.25, 0.3) is 0 Å². The molecule has 0 aromatic carbocycles. The van der Waals surface area contributed by atoms with Gasteiger partial charge in [-0.25, -0.2) is 10.8 Å². The van der Waals surface area contributed by atoms with Crippen LogP contribution in [0.2, 0.25) is 0 Å². The summed E-state index contributed by atoms with van der Waals surface area (Å²) in [6.07, 6.45) is 6.27. The average Bonchev–Trinajstić information content (AvgIpc) is 2.38. The molecule has 5 heteroatoms. The molecule has 0 radical (unpaired) electrons. The van der Waals surface area contributed by atoms with Crippen LogP contribution in [0.5, 0.6) is 0 Å². The Bertz CT molecular complexity index is 249. The van der Waals surface area contributed by atoms with E-state index in [0.717, 1.165) is 12.5 Å². The highest BCUT2D eigenvalue weighted by atomic mass is 16.5. The van der Waals surface area contributed by atoms with Gasteiger partial charge in [-0.05, 0) is 26.7 Å². The fourth-order valence-corrected chi connectivity index (χ4v) is 2.38. The maximum Gasteiger partial charge on any atom is 0.208 e. The van der Waals surface area contributed by atoms with Crippen LogP contribution in [0.4, 0.5) is 0 Å². The highest BCUT2D eigenvalue weighted by Gasteiger charge is 2.18. The summed E-state index contributed by atoms with van der Waals surface area (Å²) in [5.41, 5.74) is 2.76. The van der Waals surface area contributed by atoms with Crippen molar-refractivity contribution in [2.45, 2.75) is 58.0 Å². The summed E-state index contributed by atoms with van der Waals surface area (Å²) in [6.45, 7) is 5.78. The monoisotopic (exact) mass is 256 g/mol. The number of nitrogens with two attached hydrogens (primary N) is 1. The number of hydrazine groups is 1. The molecule has 3 N–H and O–H groups in total. The summed E-state index contributed by atoms with van der Waals surface area (Å²) in [5.74, 6) is 6.44. The summed E-state index contributed by atoms with van der Waals surface area (Å²) < 4.78 is 5.14. The fourth-order valence-electron chi connectivity index (χ4n) is 2.38. The molecule has 1 rings (SSSR count). The third kappa shape index (κ3) is 4.82. The molecule has 0 unspecified atom stereocenters. The van der Waals surface area contributed by atoms with Crippen molar-refractivity contribution in [1.29, 1.82) is 0 Å². The first-order valence-electron chi connectivity index (χ1n) is 6.99. The van der Waals surface area contributed by atoms with E-state index in [-0.39, 0.29) is 0 Å². The molecule has 5 nitrogen and oxygen atoms in total. The minimum Gasteiger partial charge on any atom is -0.383 e. The van der Waals surface area contributed by atoms with Gasteiger partial charge in [0, 0.05) is 19.7 Å². The minimum absolute atomic E-state index is 0.360. The van der Waals surface area contributed by atoms with Gasteiger partial charge in [0.25, 0.3) is 0 Å². The summed E-state index contributed by atoms with van der Waals surface area (Å²) in [6, 6.07) is 0.784. The lowest BCUT2D eigenvalue weighted by Crippen LogP contribution is -2.49. The third-order valence-electron chi connectivity index (χ3n) is 3.44. The zero-order chi connectivity index (χ0) is 13.4. The molecule has 0 spiro atoms. The van der Waals surface area contributed by atoms with E-state index >= 15 is 0 Å². The number of guanidine groups is 1. The zero-order valence-electron chi connectivity index (χ0n) is 12.0. The lowest BCUT2D eigenvalue weighted by Gasteiger charge is -2.30. The predicted octanol–water partition coefficient (Wildman–Crippen LogP) is 1.50. The second-order valence-corrected chi connectivity index (χ2v) is 5.17. The number of ether oxygens (including phenoxy) is 1. The van der Waals surface area contributed by atoms with Crippen LogP contribution < -0.4 is 11.3 Å². The van der Waals surface area contributed by atoms with Crippen molar-refractivity contribution in [2.24, 2.45) is 10.8 Å². The Hall–Kier alpha value is -0.810. The number of nitrogens with zero attached hydrogens (tertiary/aromatic N) is 2. The minimum atomic E-state index is 0.360. The van der Waals surface area contributed by atoms with Crippen molar-refractivity contribution in [3.8, 4) is 0 Å². The first-order valence-corrected chi connectivity index (χ1v) is 6.99. The molecule has 0 saturated heterocycles. The first kappa shape index (κ1) is 15.2. The molecule has 0 aromatic heterocycles. The number of methoxy groups -OCH3 is 1. The smallest absolute Gasteiger partial charge is 0.208 e. The van der Waals surface area contributed by atoms with Gasteiger partial charge in [-0.15, -0.1) is 0 Å². The van der Waals surface area contributed by atoms with E-state index in [0.29, 0.717) is 18.7 Å². The van der Waals surface area contributed by atoms with E-state index in [1.165, 1.54) is 32.1 Å². The van der Waals surface area contributed by atoms with Crippen molar-refractivity contribution in [1.82, 2.24) is 10.3 Å². The van der Waals surface area contributed by atoms with Crippen LogP contribution in [-0.4, -0.2) is 43.2 Å². The van der Waals surface area contributed by atoms with E-state index < -0.39 is 0 Å². The molecule has 0 bridgehead atoms. The molecule has 0 heterocycles.